The fourth-order valence-electron chi connectivity index (χ4n) is 1.14. The minimum Gasteiger partial charge on any atom is -0.356 e. The lowest BCUT2D eigenvalue weighted by Crippen LogP contribution is -2.20. The lowest BCUT2D eigenvalue weighted by Gasteiger charge is -1.97. The third kappa shape index (κ3) is 4.31. The van der Waals surface area contributed by atoms with Crippen LogP contribution in [0.5, 0.6) is 0 Å². The smallest absolute Gasteiger partial charge is 0.255 e. The van der Waals surface area contributed by atoms with Crippen LogP contribution in [-0.2, 0) is 4.79 Å². The average Bonchev–Trinajstić information content (AvgIpc) is 2.22. The number of carbonyl (C=O) groups is 1. The number of aromatic nitrogens is 1. The zero-order chi connectivity index (χ0) is 12.0. The summed E-state index contributed by atoms with van der Waals surface area (Å²) in [7, 11) is 0. The van der Waals surface area contributed by atoms with Crippen LogP contribution in [0.1, 0.15) is 18.9 Å². The highest BCUT2D eigenvalue weighted by Crippen LogP contribution is 2.06. The van der Waals surface area contributed by atoms with E-state index in [2.05, 4.69) is 10.3 Å². The molecule has 4 nitrogen and oxygen atoms in total. The maximum absolute atomic E-state index is 11.3. The molecule has 1 heterocycles. The van der Waals surface area contributed by atoms with Crippen LogP contribution in [0.3, 0.4) is 0 Å². The molecule has 0 aliphatic heterocycles. The van der Waals surface area contributed by atoms with Crippen LogP contribution < -0.4 is 10.9 Å². The Hall–Kier alpha value is -1.55. The first-order valence-electron chi connectivity index (χ1n) is 4.89. The van der Waals surface area contributed by atoms with Crippen molar-refractivity contribution in [1.82, 2.24) is 10.3 Å². The van der Waals surface area contributed by atoms with Gasteiger partial charge in [-0.2, -0.15) is 0 Å². The standard InChI is InChI=1S/C11H13ClN2O2/c1-8(15)13-5-3-2-4-9-6-10(12)7-14-11(9)16/h2,4,6-7H,3,5H2,1H3,(H,13,15)(H,14,16). The second-order valence-electron chi connectivity index (χ2n) is 3.28. The molecule has 0 atom stereocenters. The van der Waals surface area contributed by atoms with Crippen LogP contribution in [0.2, 0.25) is 5.02 Å². The van der Waals surface area contributed by atoms with Gasteiger partial charge in [-0.05, 0) is 12.5 Å². The number of carbonyl (C=O) groups excluding carboxylic acids is 1. The van der Waals surface area contributed by atoms with Crippen LogP contribution in [0.25, 0.3) is 6.08 Å². The number of aromatic amines is 1. The maximum atomic E-state index is 11.3. The van der Waals surface area contributed by atoms with Crippen molar-refractivity contribution in [1.29, 1.82) is 0 Å². The van der Waals surface area contributed by atoms with Crippen LogP contribution >= 0.6 is 11.6 Å². The number of hydrogen-bond donors (Lipinski definition) is 2. The van der Waals surface area contributed by atoms with Crippen molar-refractivity contribution in [2.45, 2.75) is 13.3 Å². The van der Waals surface area contributed by atoms with Crippen molar-refractivity contribution in [2.24, 2.45) is 0 Å². The van der Waals surface area contributed by atoms with Gasteiger partial charge in [0, 0.05) is 25.2 Å². The van der Waals surface area contributed by atoms with E-state index < -0.39 is 0 Å². The molecule has 0 saturated heterocycles. The van der Waals surface area contributed by atoms with Crippen molar-refractivity contribution in [3.63, 3.8) is 0 Å². The zero-order valence-electron chi connectivity index (χ0n) is 8.92. The third-order valence-electron chi connectivity index (χ3n) is 1.88. The van der Waals surface area contributed by atoms with Gasteiger partial charge in [0.05, 0.1) is 5.02 Å². The van der Waals surface area contributed by atoms with Crippen molar-refractivity contribution < 1.29 is 4.79 Å². The summed E-state index contributed by atoms with van der Waals surface area (Å²) < 4.78 is 0. The Morgan fingerprint density at radius 2 is 2.38 bits per heavy atom. The summed E-state index contributed by atoms with van der Waals surface area (Å²) >= 11 is 5.74. The monoisotopic (exact) mass is 240 g/mol. The number of nitrogens with one attached hydrogen (secondary N) is 2. The number of amides is 1. The minimum atomic E-state index is -0.180. The van der Waals surface area contributed by atoms with Gasteiger partial charge >= 0.3 is 0 Å². The maximum Gasteiger partial charge on any atom is 0.255 e. The summed E-state index contributed by atoms with van der Waals surface area (Å²) in [4.78, 5) is 24.4. The van der Waals surface area contributed by atoms with E-state index in [1.165, 1.54) is 13.1 Å². The number of pyridine rings is 1. The van der Waals surface area contributed by atoms with Crippen molar-refractivity contribution >= 4 is 23.6 Å². The van der Waals surface area contributed by atoms with Gasteiger partial charge in [0.25, 0.3) is 5.56 Å². The Balaban J connectivity index is 2.53. The topological polar surface area (TPSA) is 62.0 Å². The Bertz CT molecular complexity index is 452. The molecular weight excluding hydrogens is 228 g/mol. The minimum absolute atomic E-state index is 0.0611. The van der Waals surface area contributed by atoms with E-state index in [-0.39, 0.29) is 11.5 Å². The first kappa shape index (κ1) is 12.5. The molecule has 5 heteroatoms. The van der Waals surface area contributed by atoms with Gasteiger partial charge in [-0.3, -0.25) is 9.59 Å². The van der Waals surface area contributed by atoms with E-state index in [0.717, 1.165) is 0 Å². The molecule has 16 heavy (non-hydrogen) atoms. The zero-order valence-corrected chi connectivity index (χ0v) is 9.67. The molecule has 1 aromatic rings. The van der Waals surface area contributed by atoms with Crippen LogP contribution in [0.15, 0.2) is 23.1 Å². The van der Waals surface area contributed by atoms with Crippen LogP contribution in [0, 0.1) is 0 Å². The van der Waals surface area contributed by atoms with E-state index in [1.807, 2.05) is 6.08 Å². The average molecular weight is 241 g/mol. The molecule has 0 aliphatic rings. The summed E-state index contributed by atoms with van der Waals surface area (Å²) in [6.45, 7) is 2.02. The van der Waals surface area contributed by atoms with Crippen molar-refractivity contribution in [3.8, 4) is 0 Å². The van der Waals surface area contributed by atoms with Gasteiger partial charge in [-0.25, -0.2) is 0 Å². The molecule has 86 valence electrons. The molecule has 0 saturated carbocycles. The third-order valence-corrected chi connectivity index (χ3v) is 2.10. The van der Waals surface area contributed by atoms with Gasteiger partial charge in [-0.15, -0.1) is 0 Å². The highest BCUT2D eigenvalue weighted by atomic mass is 35.5. The second kappa shape index (κ2) is 6.12. The summed E-state index contributed by atoms with van der Waals surface area (Å²) in [5, 5.41) is 3.14. The molecular formula is C11H13ClN2O2. The molecule has 0 radical (unpaired) electrons. The van der Waals surface area contributed by atoms with E-state index in [1.54, 1.807) is 12.1 Å². The van der Waals surface area contributed by atoms with E-state index in [4.69, 9.17) is 11.6 Å². The van der Waals surface area contributed by atoms with Gasteiger partial charge in [0.1, 0.15) is 0 Å². The predicted octanol–water partition coefficient (Wildman–Crippen LogP) is 1.57. The first-order valence-corrected chi connectivity index (χ1v) is 5.26. The summed E-state index contributed by atoms with van der Waals surface area (Å²) in [5.74, 6) is -0.0611. The van der Waals surface area contributed by atoms with Crippen LogP contribution in [0.4, 0.5) is 0 Å². The molecule has 0 unspecified atom stereocenters. The SMILES string of the molecule is CC(=O)NCCC=Cc1cc(Cl)c[nH]c1=O. The Morgan fingerprint density at radius 3 is 3.06 bits per heavy atom. The molecule has 0 bridgehead atoms. The lowest BCUT2D eigenvalue weighted by atomic mass is 10.2. The van der Waals surface area contributed by atoms with E-state index in [0.29, 0.717) is 23.6 Å². The van der Waals surface area contributed by atoms with E-state index in [9.17, 15) is 9.59 Å². The molecule has 0 aromatic carbocycles. The largest absolute Gasteiger partial charge is 0.356 e. The number of rotatable bonds is 4. The summed E-state index contributed by atoms with van der Waals surface area (Å²) in [6.07, 6.45) is 5.62. The van der Waals surface area contributed by atoms with Gasteiger partial charge in [-0.1, -0.05) is 23.8 Å². The summed E-state index contributed by atoms with van der Waals surface area (Å²) in [5.41, 5.74) is 0.329. The van der Waals surface area contributed by atoms with Gasteiger partial charge < -0.3 is 10.3 Å². The normalized spacial score (nSPS) is 10.6. The molecule has 2 N–H and O–H groups in total. The number of halogens is 1. The number of hydrogen-bond acceptors (Lipinski definition) is 2. The van der Waals surface area contributed by atoms with Crippen molar-refractivity contribution in [2.75, 3.05) is 6.54 Å². The predicted molar refractivity (Wildman–Crippen MR) is 64.4 cm³/mol. The molecule has 0 fully saturated rings. The second-order valence-corrected chi connectivity index (χ2v) is 3.71. The molecule has 1 rings (SSSR count). The summed E-state index contributed by atoms with van der Waals surface area (Å²) in [6, 6.07) is 1.59. The molecule has 1 amide bonds. The Morgan fingerprint density at radius 1 is 1.62 bits per heavy atom. The molecule has 0 spiro atoms. The fourth-order valence-corrected chi connectivity index (χ4v) is 1.31. The van der Waals surface area contributed by atoms with E-state index >= 15 is 0 Å². The number of H-pyrrole nitrogens is 1. The Labute approximate surface area is 98.3 Å². The molecule has 1 aromatic heterocycles. The fraction of sp³-hybridized carbons (Fsp3) is 0.273. The van der Waals surface area contributed by atoms with Crippen LogP contribution in [-0.4, -0.2) is 17.4 Å². The van der Waals surface area contributed by atoms with Crippen molar-refractivity contribution in [3.05, 3.63) is 39.3 Å². The van der Waals surface area contributed by atoms with Gasteiger partial charge in [0.2, 0.25) is 5.91 Å². The highest BCUT2D eigenvalue weighted by Gasteiger charge is 1.95. The van der Waals surface area contributed by atoms with Gasteiger partial charge in [0.15, 0.2) is 0 Å². The Kier molecular flexibility index (Phi) is 4.79. The quantitative estimate of drug-likeness (QED) is 0.785. The molecule has 0 aliphatic carbocycles. The highest BCUT2D eigenvalue weighted by molar-refractivity contribution is 6.30. The lowest BCUT2D eigenvalue weighted by molar-refractivity contribution is -0.118. The first-order chi connectivity index (χ1) is 7.59.